The summed E-state index contributed by atoms with van der Waals surface area (Å²) in [5.74, 6) is -0.460. The van der Waals surface area contributed by atoms with Gasteiger partial charge in [-0.1, -0.05) is 0 Å². The Labute approximate surface area is 124 Å². The van der Waals surface area contributed by atoms with Crippen molar-refractivity contribution in [1.82, 2.24) is 4.98 Å². The Balaban J connectivity index is 2.38. The van der Waals surface area contributed by atoms with Crippen LogP contribution in [0.2, 0.25) is 0 Å². The van der Waals surface area contributed by atoms with Crippen molar-refractivity contribution in [2.45, 2.75) is 11.8 Å². The van der Waals surface area contributed by atoms with Gasteiger partial charge in [-0.3, -0.25) is 4.72 Å². The number of halogens is 2. The van der Waals surface area contributed by atoms with Crippen molar-refractivity contribution in [2.75, 3.05) is 10.5 Å². The Kier molecular flexibility index (Phi) is 3.96. The second-order valence-electron chi connectivity index (χ2n) is 4.11. The molecule has 2 rings (SSSR count). The fourth-order valence-electron chi connectivity index (χ4n) is 1.52. The molecule has 1 aromatic heterocycles. The molecule has 0 saturated heterocycles. The first-order valence-corrected chi connectivity index (χ1v) is 7.77. The molecule has 3 N–H and O–H groups in total. The maximum absolute atomic E-state index is 13.1. The summed E-state index contributed by atoms with van der Waals surface area (Å²) in [7, 11) is -3.86. The Morgan fingerprint density at radius 2 is 2.05 bits per heavy atom. The average Bonchev–Trinajstić information content (AvgIpc) is 2.36. The topological polar surface area (TPSA) is 85.1 Å². The molecule has 0 spiro atoms. The second kappa shape index (κ2) is 5.37. The highest BCUT2D eigenvalue weighted by Crippen LogP contribution is 2.22. The molecule has 0 saturated carbocycles. The summed E-state index contributed by atoms with van der Waals surface area (Å²) in [6, 6.07) is 4.93. The van der Waals surface area contributed by atoms with Crippen LogP contribution in [0.25, 0.3) is 0 Å². The average molecular weight is 360 g/mol. The second-order valence-corrected chi connectivity index (χ2v) is 6.71. The third-order valence-electron chi connectivity index (χ3n) is 2.55. The van der Waals surface area contributed by atoms with E-state index in [1.165, 1.54) is 6.20 Å². The summed E-state index contributed by atoms with van der Waals surface area (Å²) < 4.78 is 40.5. The van der Waals surface area contributed by atoms with Crippen molar-refractivity contribution in [3.63, 3.8) is 0 Å². The number of hydrogen-bond donors (Lipinski definition) is 2. The van der Waals surface area contributed by atoms with Gasteiger partial charge in [-0.05, 0) is 52.7 Å². The summed E-state index contributed by atoms with van der Waals surface area (Å²) in [5, 5.41) is 0. The third kappa shape index (κ3) is 3.07. The molecule has 8 heteroatoms. The van der Waals surface area contributed by atoms with Gasteiger partial charge in [0.05, 0.1) is 10.6 Å². The highest BCUT2D eigenvalue weighted by molar-refractivity contribution is 9.10. The highest BCUT2D eigenvalue weighted by Gasteiger charge is 2.17. The maximum atomic E-state index is 13.1. The molecule has 2 aromatic rings. The van der Waals surface area contributed by atoms with Gasteiger partial charge in [0.1, 0.15) is 11.6 Å². The summed E-state index contributed by atoms with van der Waals surface area (Å²) in [6.07, 6.45) is 1.48. The molecular weight excluding hydrogens is 349 g/mol. The van der Waals surface area contributed by atoms with E-state index in [1.54, 1.807) is 13.0 Å². The van der Waals surface area contributed by atoms with Gasteiger partial charge in [-0.25, -0.2) is 17.8 Å². The van der Waals surface area contributed by atoms with Gasteiger partial charge in [-0.2, -0.15) is 0 Å². The van der Waals surface area contributed by atoms with Crippen LogP contribution in [0.1, 0.15) is 5.56 Å². The highest BCUT2D eigenvalue weighted by atomic mass is 79.9. The van der Waals surface area contributed by atoms with Crippen LogP contribution in [0.5, 0.6) is 0 Å². The van der Waals surface area contributed by atoms with Crippen LogP contribution in [-0.2, 0) is 10.0 Å². The normalized spacial score (nSPS) is 11.3. The summed E-state index contributed by atoms with van der Waals surface area (Å²) in [4.78, 5) is 3.86. The molecule has 0 aliphatic carbocycles. The molecule has 5 nitrogen and oxygen atoms in total. The molecule has 0 radical (unpaired) electrons. The van der Waals surface area contributed by atoms with Gasteiger partial charge >= 0.3 is 0 Å². The number of nitrogens with one attached hydrogen (secondary N) is 1. The monoisotopic (exact) mass is 359 g/mol. The summed E-state index contributed by atoms with van der Waals surface area (Å²) >= 11 is 3.24. The van der Waals surface area contributed by atoms with Crippen molar-refractivity contribution in [1.29, 1.82) is 0 Å². The van der Waals surface area contributed by atoms with E-state index in [0.29, 0.717) is 5.56 Å². The minimum absolute atomic E-state index is 0.125. The van der Waals surface area contributed by atoms with Crippen LogP contribution in [-0.4, -0.2) is 13.4 Å². The Morgan fingerprint density at radius 1 is 1.35 bits per heavy atom. The molecule has 0 aliphatic heterocycles. The number of nitrogens with zero attached hydrogens (tertiary/aromatic N) is 1. The number of sulfonamides is 1. The smallest absolute Gasteiger partial charge is 0.263 e. The lowest BCUT2D eigenvalue weighted by molar-refractivity contribution is 0.600. The fraction of sp³-hybridized carbons (Fsp3) is 0.0833. The first-order valence-electron chi connectivity index (χ1n) is 5.49. The molecule has 1 heterocycles. The van der Waals surface area contributed by atoms with Crippen molar-refractivity contribution in [3.8, 4) is 0 Å². The molecule has 0 amide bonds. The summed E-state index contributed by atoms with van der Waals surface area (Å²) in [5.41, 5.74) is 5.79. The van der Waals surface area contributed by atoms with Crippen LogP contribution < -0.4 is 10.5 Å². The molecule has 20 heavy (non-hydrogen) atoms. The number of aromatic nitrogens is 1. The van der Waals surface area contributed by atoms with Gasteiger partial charge in [0, 0.05) is 10.7 Å². The van der Waals surface area contributed by atoms with E-state index in [0.717, 1.165) is 22.7 Å². The standard InChI is InChI=1S/C12H11BrFN3O2S/c1-7-4-8(13)6-16-12(7)17-20(18,19)9-2-3-10(14)11(15)5-9/h2-6H,15H2,1H3,(H,16,17). The van der Waals surface area contributed by atoms with Crippen molar-refractivity contribution < 1.29 is 12.8 Å². The number of aryl methyl sites for hydroxylation is 1. The van der Waals surface area contributed by atoms with E-state index in [2.05, 4.69) is 25.6 Å². The lowest BCUT2D eigenvalue weighted by atomic mass is 10.3. The van der Waals surface area contributed by atoms with Crippen molar-refractivity contribution in [3.05, 3.63) is 46.3 Å². The molecule has 106 valence electrons. The summed E-state index contributed by atoms with van der Waals surface area (Å²) in [6.45, 7) is 1.72. The number of nitrogen functional groups attached to an aromatic ring is 1. The SMILES string of the molecule is Cc1cc(Br)cnc1NS(=O)(=O)c1ccc(F)c(N)c1. The number of anilines is 2. The Hall–Kier alpha value is -1.67. The zero-order valence-electron chi connectivity index (χ0n) is 10.4. The largest absolute Gasteiger partial charge is 0.396 e. The van der Waals surface area contributed by atoms with Crippen LogP contribution in [0.15, 0.2) is 39.8 Å². The molecule has 1 aromatic carbocycles. The number of nitrogens with two attached hydrogens (primary N) is 1. The third-order valence-corrected chi connectivity index (χ3v) is 4.32. The maximum Gasteiger partial charge on any atom is 0.263 e. The number of hydrogen-bond acceptors (Lipinski definition) is 4. The van der Waals surface area contributed by atoms with E-state index in [1.807, 2.05) is 0 Å². The zero-order valence-corrected chi connectivity index (χ0v) is 12.8. The zero-order chi connectivity index (χ0) is 14.9. The van der Waals surface area contributed by atoms with Crippen molar-refractivity contribution in [2.24, 2.45) is 0 Å². The molecule has 0 fully saturated rings. The van der Waals surface area contributed by atoms with Gasteiger partial charge in [-0.15, -0.1) is 0 Å². The Morgan fingerprint density at radius 3 is 2.65 bits per heavy atom. The van der Waals surface area contributed by atoms with E-state index in [4.69, 9.17) is 5.73 Å². The van der Waals surface area contributed by atoms with Crippen LogP contribution >= 0.6 is 15.9 Å². The number of pyridine rings is 1. The minimum Gasteiger partial charge on any atom is -0.396 e. The lowest BCUT2D eigenvalue weighted by Crippen LogP contribution is -2.15. The first-order chi connectivity index (χ1) is 9.29. The number of rotatable bonds is 3. The minimum atomic E-state index is -3.86. The van der Waals surface area contributed by atoms with E-state index in [9.17, 15) is 12.8 Å². The van der Waals surface area contributed by atoms with Gasteiger partial charge in [0.2, 0.25) is 0 Å². The molecule has 0 unspecified atom stereocenters. The van der Waals surface area contributed by atoms with Gasteiger partial charge < -0.3 is 5.73 Å². The predicted octanol–water partition coefficient (Wildman–Crippen LogP) is 2.67. The quantitative estimate of drug-likeness (QED) is 0.825. The van der Waals surface area contributed by atoms with Crippen LogP contribution in [0.3, 0.4) is 0 Å². The predicted molar refractivity (Wildman–Crippen MR) is 78.3 cm³/mol. The molecular formula is C12H11BrFN3O2S. The van der Waals surface area contributed by atoms with Crippen LogP contribution in [0.4, 0.5) is 15.9 Å². The van der Waals surface area contributed by atoms with E-state index in [-0.39, 0.29) is 16.4 Å². The fourth-order valence-corrected chi connectivity index (χ4v) is 3.08. The lowest BCUT2D eigenvalue weighted by Gasteiger charge is -2.10. The molecule has 0 atom stereocenters. The van der Waals surface area contributed by atoms with Crippen LogP contribution in [0, 0.1) is 12.7 Å². The van der Waals surface area contributed by atoms with Crippen molar-refractivity contribution >= 4 is 37.5 Å². The molecule has 0 aliphatic rings. The first kappa shape index (κ1) is 14.7. The van der Waals surface area contributed by atoms with Gasteiger partial charge in [0.15, 0.2) is 0 Å². The van der Waals surface area contributed by atoms with E-state index < -0.39 is 15.8 Å². The number of benzene rings is 1. The Bertz CT molecular complexity index is 765. The van der Waals surface area contributed by atoms with Gasteiger partial charge in [0.25, 0.3) is 10.0 Å². The molecule has 0 bridgehead atoms. The van der Waals surface area contributed by atoms with E-state index >= 15 is 0 Å².